The lowest BCUT2D eigenvalue weighted by molar-refractivity contribution is -0.0364. The summed E-state index contributed by atoms with van der Waals surface area (Å²) in [6, 6.07) is 3.39. The van der Waals surface area contributed by atoms with Gasteiger partial charge in [0.1, 0.15) is 29.5 Å². The van der Waals surface area contributed by atoms with Crippen molar-refractivity contribution in [3.8, 4) is 0 Å². The van der Waals surface area contributed by atoms with Crippen molar-refractivity contribution in [3.05, 3.63) is 80.1 Å². The van der Waals surface area contributed by atoms with Gasteiger partial charge in [0, 0.05) is 5.56 Å². The molecular weight excluding hydrogens is 435 g/mol. The Bertz CT molecular complexity index is 1250. The van der Waals surface area contributed by atoms with Crippen molar-refractivity contribution in [2.75, 3.05) is 0 Å². The average Bonchev–Trinajstić information content (AvgIpc) is 3.30. The molecule has 170 valence electrons. The molecule has 0 radical (unpaired) electrons. The van der Waals surface area contributed by atoms with Gasteiger partial charge >= 0.3 is 5.69 Å². The Hall–Kier alpha value is -3.29. The topological polar surface area (TPSA) is 124 Å². The smallest absolute Gasteiger partial charge is 0.333 e. The molecule has 3 heterocycles. The third-order valence-corrected chi connectivity index (χ3v) is 5.19. The monoisotopic (exact) mass is 453 g/mol. The predicted octanol–water partition coefficient (Wildman–Crippen LogP) is -0.246. The van der Waals surface area contributed by atoms with Gasteiger partial charge in [-0.2, -0.15) is 4.39 Å². The molecule has 4 unspecified atom stereocenters. The third-order valence-electron chi connectivity index (χ3n) is 5.19. The number of aliphatic hydroxyl groups is 2. The molecule has 0 bridgehead atoms. The minimum absolute atomic E-state index is 0.0411. The standard InChI is InChI=1S/C19H18F3N5O5/c1-9-15(28)16(29)18(32-9)27-8-14(22)17(30)26(19(27)31)6-10-5-25(24-23-10)7-11-12(20)3-2-4-13(11)21/h2-5,8-9,15-16,18,28-29H,6-7H2,1H3. The summed E-state index contributed by atoms with van der Waals surface area (Å²) in [6.07, 6.45) is -3.23. The van der Waals surface area contributed by atoms with E-state index >= 15 is 0 Å². The highest BCUT2D eigenvalue weighted by Gasteiger charge is 2.42. The van der Waals surface area contributed by atoms with Gasteiger partial charge in [-0.1, -0.05) is 11.3 Å². The molecule has 13 heteroatoms. The van der Waals surface area contributed by atoms with Crippen LogP contribution in [-0.2, 0) is 17.8 Å². The Morgan fingerprint density at radius 2 is 1.72 bits per heavy atom. The Labute approximate surface area is 177 Å². The number of halogens is 3. The van der Waals surface area contributed by atoms with Crippen LogP contribution in [0.4, 0.5) is 13.2 Å². The maximum Gasteiger partial charge on any atom is 0.333 e. The Balaban J connectivity index is 1.64. The summed E-state index contributed by atoms with van der Waals surface area (Å²) >= 11 is 0. The number of rotatable bonds is 5. The molecule has 3 aromatic rings. The molecule has 10 nitrogen and oxygen atoms in total. The predicted molar refractivity (Wildman–Crippen MR) is 101 cm³/mol. The maximum atomic E-state index is 14.3. The molecule has 2 N–H and O–H groups in total. The zero-order valence-corrected chi connectivity index (χ0v) is 16.6. The molecule has 1 saturated heterocycles. The van der Waals surface area contributed by atoms with Crippen molar-refractivity contribution in [1.29, 1.82) is 0 Å². The molecule has 0 amide bonds. The van der Waals surface area contributed by atoms with Crippen molar-refractivity contribution < 1.29 is 28.1 Å². The van der Waals surface area contributed by atoms with E-state index in [-0.39, 0.29) is 17.8 Å². The number of nitrogens with zero attached hydrogens (tertiary/aromatic N) is 5. The van der Waals surface area contributed by atoms with Crippen LogP contribution in [0.15, 0.2) is 40.2 Å². The van der Waals surface area contributed by atoms with Crippen LogP contribution in [0.2, 0.25) is 0 Å². The zero-order chi connectivity index (χ0) is 23.2. The molecule has 1 aliphatic rings. The fraction of sp³-hybridized carbons (Fsp3) is 0.368. The lowest BCUT2D eigenvalue weighted by Crippen LogP contribution is -2.44. The first kappa shape index (κ1) is 21.9. The second-order valence-electron chi connectivity index (χ2n) is 7.38. The molecule has 32 heavy (non-hydrogen) atoms. The number of ether oxygens (including phenoxy) is 1. The highest BCUT2D eigenvalue weighted by molar-refractivity contribution is 5.20. The van der Waals surface area contributed by atoms with Gasteiger partial charge in [0.15, 0.2) is 6.23 Å². The fourth-order valence-electron chi connectivity index (χ4n) is 3.46. The minimum atomic E-state index is -1.52. The minimum Gasteiger partial charge on any atom is -0.388 e. The van der Waals surface area contributed by atoms with Crippen LogP contribution in [0.3, 0.4) is 0 Å². The zero-order valence-electron chi connectivity index (χ0n) is 16.6. The number of aromatic nitrogens is 5. The van der Waals surface area contributed by atoms with Gasteiger partial charge in [-0.25, -0.2) is 18.3 Å². The molecular formula is C19H18F3N5O5. The third kappa shape index (κ3) is 3.85. The van der Waals surface area contributed by atoms with E-state index in [1.807, 2.05) is 0 Å². The highest BCUT2D eigenvalue weighted by atomic mass is 19.1. The molecule has 4 rings (SSSR count). The normalized spacial score (nSPS) is 23.1. The summed E-state index contributed by atoms with van der Waals surface area (Å²) in [5.41, 5.74) is -2.48. The first-order chi connectivity index (χ1) is 15.2. The lowest BCUT2D eigenvalue weighted by atomic mass is 10.1. The van der Waals surface area contributed by atoms with Gasteiger partial charge in [0.2, 0.25) is 5.82 Å². The number of hydrogen-bond acceptors (Lipinski definition) is 7. The summed E-state index contributed by atoms with van der Waals surface area (Å²) in [6.45, 7) is 0.657. The van der Waals surface area contributed by atoms with E-state index in [9.17, 15) is 33.0 Å². The molecule has 0 spiro atoms. The van der Waals surface area contributed by atoms with E-state index in [4.69, 9.17) is 4.74 Å². The summed E-state index contributed by atoms with van der Waals surface area (Å²) in [5.74, 6) is -2.86. The summed E-state index contributed by atoms with van der Waals surface area (Å²) in [7, 11) is 0. The van der Waals surface area contributed by atoms with Crippen LogP contribution in [0, 0.1) is 17.5 Å². The molecule has 0 aliphatic carbocycles. The molecule has 2 aromatic heterocycles. The summed E-state index contributed by atoms with van der Waals surface area (Å²) in [4.78, 5) is 25.0. The van der Waals surface area contributed by atoms with Crippen molar-refractivity contribution in [1.82, 2.24) is 24.1 Å². The summed E-state index contributed by atoms with van der Waals surface area (Å²) < 4.78 is 49.5. The van der Waals surface area contributed by atoms with E-state index in [2.05, 4.69) is 10.3 Å². The van der Waals surface area contributed by atoms with Crippen molar-refractivity contribution in [3.63, 3.8) is 0 Å². The average molecular weight is 453 g/mol. The van der Waals surface area contributed by atoms with Crippen LogP contribution in [0.1, 0.15) is 24.4 Å². The van der Waals surface area contributed by atoms with Gasteiger partial charge in [0.25, 0.3) is 5.56 Å². The van der Waals surface area contributed by atoms with Gasteiger partial charge < -0.3 is 14.9 Å². The molecule has 0 saturated carbocycles. The Kier molecular flexibility index (Phi) is 5.71. The SMILES string of the molecule is CC1OC(n2cc(F)c(=O)n(Cc3cn(Cc4c(F)cccc4F)nn3)c2=O)C(O)C1O. The largest absolute Gasteiger partial charge is 0.388 e. The van der Waals surface area contributed by atoms with Gasteiger partial charge in [-0.05, 0) is 19.1 Å². The van der Waals surface area contributed by atoms with Gasteiger partial charge in [0.05, 0.1) is 31.6 Å². The lowest BCUT2D eigenvalue weighted by Gasteiger charge is -2.18. The van der Waals surface area contributed by atoms with Crippen LogP contribution in [0.5, 0.6) is 0 Å². The fourth-order valence-corrected chi connectivity index (χ4v) is 3.46. The highest BCUT2D eigenvalue weighted by Crippen LogP contribution is 2.27. The van der Waals surface area contributed by atoms with Crippen LogP contribution >= 0.6 is 0 Å². The molecule has 1 aliphatic heterocycles. The van der Waals surface area contributed by atoms with Crippen LogP contribution in [0.25, 0.3) is 0 Å². The first-order valence-electron chi connectivity index (χ1n) is 9.52. The van der Waals surface area contributed by atoms with E-state index in [1.165, 1.54) is 19.2 Å². The molecule has 1 aromatic carbocycles. The molecule has 1 fully saturated rings. The van der Waals surface area contributed by atoms with E-state index in [1.54, 1.807) is 0 Å². The second kappa shape index (κ2) is 8.33. The Morgan fingerprint density at radius 3 is 2.34 bits per heavy atom. The van der Waals surface area contributed by atoms with Crippen LogP contribution in [-0.4, -0.2) is 52.7 Å². The number of aliphatic hydroxyl groups excluding tert-OH is 2. The number of hydrogen-bond donors (Lipinski definition) is 2. The Morgan fingerprint density at radius 1 is 1.03 bits per heavy atom. The van der Waals surface area contributed by atoms with Gasteiger partial charge in [-0.3, -0.25) is 13.9 Å². The first-order valence-corrected chi connectivity index (χ1v) is 9.52. The quantitative estimate of drug-likeness (QED) is 0.546. The van der Waals surface area contributed by atoms with E-state index in [0.29, 0.717) is 15.3 Å². The summed E-state index contributed by atoms with van der Waals surface area (Å²) in [5, 5.41) is 27.4. The molecule has 4 atom stereocenters. The van der Waals surface area contributed by atoms with Gasteiger partial charge in [-0.15, -0.1) is 5.10 Å². The van der Waals surface area contributed by atoms with Crippen molar-refractivity contribution in [2.45, 2.75) is 44.6 Å². The van der Waals surface area contributed by atoms with E-state index in [0.717, 1.165) is 16.8 Å². The van der Waals surface area contributed by atoms with Crippen molar-refractivity contribution >= 4 is 0 Å². The van der Waals surface area contributed by atoms with E-state index < -0.39 is 59.8 Å². The number of benzene rings is 1. The maximum absolute atomic E-state index is 14.3. The van der Waals surface area contributed by atoms with Crippen LogP contribution < -0.4 is 11.2 Å². The van der Waals surface area contributed by atoms with Crippen molar-refractivity contribution in [2.24, 2.45) is 0 Å². The second-order valence-corrected chi connectivity index (χ2v) is 7.38.